The van der Waals surface area contributed by atoms with E-state index in [1.807, 2.05) is 11.8 Å². The average molecular weight is 452 g/mol. The summed E-state index contributed by atoms with van der Waals surface area (Å²) in [5.74, 6) is -1.15. The molecule has 4 rings (SSSR count). The zero-order chi connectivity index (χ0) is 22.4. The normalized spacial score (nSPS) is 32.9. The molecule has 0 aromatic rings. The molecule has 4 aliphatic heterocycles. The highest BCUT2D eigenvalue weighted by atomic mass is 32.2. The molecule has 3 fully saturated rings. The van der Waals surface area contributed by atoms with Gasteiger partial charge in [0.25, 0.3) is 0 Å². The maximum absolute atomic E-state index is 12.5. The van der Waals surface area contributed by atoms with Gasteiger partial charge in [-0.05, 0) is 38.6 Å². The van der Waals surface area contributed by atoms with E-state index < -0.39 is 18.0 Å². The molecule has 0 spiro atoms. The van der Waals surface area contributed by atoms with Crippen molar-refractivity contribution >= 4 is 29.6 Å². The van der Waals surface area contributed by atoms with Gasteiger partial charge >= 0.3 is 5.97 Å². The summed E-state index contributed by atoms with van der Waals surface area (Å²) < 4.78 is 0. The highest BCUT2D eigenvalue weighted by Gasteiger charge is 2.60. The number of thioether (sulfide) groups is 1. The molecular weight excluding hydrogens is 418 g/mol. The lowest BCUT2D eigenvalue weighted by Crippen LogP contribution is -2.63. The number of hydrogen-bond donors (Lipinski definition) is 4. The quantitative estimate of drug-likeness (QED) is 0.261. The Morgan fingerprint density at radius 2 is 1.97 bits per heavy atom. The Hall–Kier alpha value is -1.78. The number of hydrogen-bond acceptors (Lipinski definition) is 6. The van der Waals surface area contributed by atoms with Crippen LogP contribution in [0.15, 0.2) is 10.6 Å². The molecule has 5 N–H and O–H groups in total. The van der Waals surface area contributed by atoms with Crippen molar-refractivity contribution in [1.82, 2.24) is 14.7 Å². The molecule has 5 atom stereocenters. The zero-order valence-electron chi connectivity index (χ0n) is 18.2. The fraction of sp³-hybridized carbons (Fsp3) is 0.762. The number of aliphatic hydroxyl groups is 1. The number of β-lactam (4-membered cyclic amide) rings is 1. The van der Waals surface area contributed by atoms with Crippen LogP contribution in [0.25, 0.3) is 0 Å². The van der Waals surface area contributed by atoms with E-state index in [1.54, 1.807) is 18.7 Å². The number of nitrogens with two attached hydrogens (primary N) is 1. The smallest absolute Gasteiger partial charge is 0.353 e. The summed E-state index contributed by atoms with van der Waals surface area (Å²) in [4.78, 5) is 31.1. The molecule has 0 bridgehead atoms. The van der Waals surface area contributed by atoms with Gasteiger partial charge in [-0.1, -0.05) is 6.92 Å². The van der Waals surface area contributed by atoms with E-state index in [1.165, 1.54) is 4.90 Å². The summed E-state index contributed by atoms with van der Waals surface area (Å²) in [6.45, 7) is 8.21. The minimum atomic E-state index is -1.05. The molecule has 4 aliphatic rings. The standard InChI is InChI=1S/C21H33N5O4S/c1-11-16-15(12(2)27)19(28)26(16)17(20(29)30)18(11)31-14-5-6-24(10-14)9-13-3-7-25(8-4-13)21(22)23/h11-16,27H,3-10H2,1-2H3,(H3,22,23)(H,29,30)/t11-,12-,14?,15-,16-/m1/s1. The summed E-state index contributed by atoms with van der Waals surface area (Å²) in [5, 5.41) is 27.7. The van der Waals surface area contributed by atoms with E-state index in [9.17, 15) is 19.8 Å². The Labute approximate surface area is 187 Å². The number of amides is 1. The van der Waals surface area contributed by atoms with Crippen molar-refractivity contribution < 1.29 is 19.8 Å². The summed E-state index contributed by atoms with van der Waals surface area (Å²) in [7, 11) is 0. The van der Waals surface area contributed by atoms with Gasteiger partial charge < -0.3 is 30.6 Å². The first kappa shape index (κ1) is 22.4. The summed E-state index contributed by atoms with van der Waals surface area (Å²) in [6, 6.07) is -0.245. The Kier molecular flexibility index (Phi) is 6.24. The summed E-state index contributed by atoms with van der Waals surface area (Å²) in [5.41, 5.74) is 5.71. The van der Waals surface area contributed by atoms with Gasteiger partial charge in [0.2, 0.25) is 5.91 Å². The third-order valence-corrected chi connectivity index (χ3v) is 8.84. The molecule has 0 aliphatic carbocycles. The Morgan fingerprint density at radius 1 is 1.29 bits per heavy atom. The molecule has 4 heterocycles. The largest absolute Gasteiger partial charge is 0.477 e. The molecule has 172 valence electrons. The van der Waals surface area contributed by atoms with Crippen LogP contribution in [0.4, 0.5) is 0 Å². The van der Waals surface area contributed by atoms with Crippen molar-refractivity contribution in [3.8, 4) is 0 Å². The molecular formula is C21H33N5O4S. The Morgan fingerprint density at radius 3 is 2.55 bits per heavy atom. The van der Waals surface area contributed by atoms with Crippen molar-refractivity contribution in [2.24, 2.45) is 23.5 Å². The monoisotopic (exact) mass is 451 g/mol. The number of nitrogens with zero attached hydrogens (tertiary/aromatic N) is 3. The number of carbonyl (C=O) groups excluding carboxylic acids is 1. The first-order chi connectivity index (χ1) is 14.7. The van der Waals surface area contributed by atoms with Gasteiger partial charge in [-0.2, -0.15) is 0 Å². The number of nitrogens with one attached hydrogen (secondary N) is 1. The summed E-state index contributed by atoms with van der Waals surface area (Å²) >= 11 is 1.62. The minimum Gasteiger partial charge on any atom is -0.477 e. The van der Waals surface area contributed by atoms with E-state index in [-0.39, 0.29) is 29.5 Å². The van der Waals surface area contributed by atoms with Crippen LogP contribution in [0.5, 0.6) is 0 Å². The number of piperidine rings is 1. The maximum Gasteiger partial charge on any atom is 0.353 e. The van der Waals surface area contributed by atoms with Gasteiger partial charge in [-0.15, -0.1) is 11.8 Å². The van der Waals surface area contributed by atoms with E-state index in [0.717, 1.165) is 56.9 Å². The number of carbonyl (C=O) groups is 2. The van der Waals surface area contributed by atoms with Gasteiger partial charge in [0.05, 0.1) is 18.1 Å². The molecule has 9 nitrogen and oxygen atoms in total. The van der Waals surface area contributed by atoms with Crippen LogP contribution in [0, 0.1) is 23.2 Å². The van der Waals surface area contributed by atoms with Crippen LogP contribution in [0.1, 0.15) is 33.1 Å². The highest BCUT2D eigenvalue weighted by Crippen LogP contribution is 2.51. The topological polar surface area (TPSA) is 134 Å². The zero-order valence-corrected chi connectivity index (χ0v) is 19.0. The van der Waals surface area contributed by atoms with Crippen molar-refractivity contribution in [3.63, 3.8) is 0 Å². The molecule has 0 aromatic carbocycles. The van der Waals surface area contributed by atoms with Crippen LogP contribution in [0.3, 0.4) is 0 Å². The molecule has 1 amide bonds. The number of likely N-dealkylation sites (tertiary alicyclic amines) is 2. The van der Waals surface area contributed by atoms with Crippen LogP contribution in [0.2, 0.25) is 0 Å². The van der Waals surface area contributed by atoms with Crippen LogP contribution >= 0.6 is 11.8 Å². The molecule has 3 saturated heterocycles. The second-order valence-corrected chi connectivity index (χ2v) is 10.7. The second kappa shape index (κ2) is 8.63. The number of carboxylic acid groups (broad SMARTS) is 1. The summed E-state index contributed by atoms with van der Waals surface area (Å²) in [6.07, 6.45) is 2.31. The first-order valence-electron chi connectivity index (χ1n) is 11.2. The number of fused-ring (bicyclic) bond motifs is 1. The van der Waals surface area contributed by atoms with Crippen molar-refractivity contribution in [2.75, 3.05) is 32.7 Å². The van der Waals surface area contributed by atoms with Gasteiger partial charge in [0.1, 0.15) is 5.70 Å². The van der Waals surface area contributed by atoms with Crippen LogP contribution in [-0.4, -0.2) is 92.9 Å². The number of guanidine groups is 1. The van der Waals surface area contributed by atoms with E-state index in [2.05, 4.69) is 4.90 Å². The lowest BCUT2D eigenvalue weighted by Gasteiger charge is -2.46. The van der Waals surface area contributed by atoms with E-state index in [0.29, 0.717) is 11.2 Å². The SMILES string of the molecule is C[C@@H](O)[C@H]1C(=O)N2C(C(=O)O)=C(SC3CCN(CC4CCN(C(=N)N)CC4)C3)[C@H](C)[C@H]12. The number of aliphatic hydroxyl groups excluding tert-OH is 1. The van der Waals surface area contributed by atoms with Crippen LogP contribution in [-0.2, 0) is 9.59 Å². The number of carboxylic acids is 1. The molecule has 0 aromatic heterocycles. The maximum atomic E-state index is 12.5. The van der Waals surface area contributed by atoms with Gasteiger partial charge in [-0.25, -0.2) is 4.79 Å². The number of rotatable bonds is 6. The third-order valence-electron chi connectivity index (χ3n) is 7.31. The second-order valence-electron chi connectivity index (χ2n) is 9.38. The van der Waals surface area contributed by atoms with Crippen molar-refractivity contribution in [3.05, 3.63) is 10.6 Å². The Bertz CT molecular complexity index is 795. The minimum absolute atomic E-state index is 0.0710. The Balaban J connectivity index is 1.36. The van der Waals surface area contributed by atoms with Gasteiger partial charge in [0, 0.05) is 42.3 Å². The average Bonchev–Trinajstić information content (AvgIpc) is 3.23. The predicted molar refractivity (Wildman–Crippen MR) is 118 cm³/mol. The van der Waals surface area contributed by atoms with E-state index in [4.69, 9.17) is 11.1 Å². The fourth-order valence-electron chi connectivity index (χ4n) is 5.64. The molecule has 0 saturated carbocycles. The molecule has 0 radical (unpaired) electrons. The fourth-order valence-corrected chi connectivity index (χ4v) is 7.16. The van der Waals surface area contributed by atoms with Crippen molar-refractivity contribution in [2.45, 2.75) is 50.5 Å². The van der Waals surface area contributed by atoms with Gasteiger partial charge in [0.15, 0.2) is 5.96 Å². The van der Waals surface area contributed by atoms with Gasteiger partial charge in [-0.3, -0.25) is 10.2 Å². The molecule has 10 heteroatoms. The third kappa shape index (κ3) is 4.05. The highest BCUT2D eigenvalue weighted by molar-refractivity contribution is 8.03. The predicted octanol–water partition coefficient (Wildman–Crippen LogP) is 0.553. The van der Waals surface area contributed by atoms with Crippen molar-refractivity contribution in [1.29, 1.82) is 5.41 Å². The molecule has 1 unspecified atom stereocenters. The number of aliphatic carboxylic acids is 1. The van der Waals surface area contributed by atoms with Crippen LogP contribution < -0.4 is 5.73 Å². The molecule has 31 heavy (non-hydrogen) atoms. The lowest BCUT2D eigenvalue weighted by molar-refractivity contribution is -0.163. The first-order valence-corrected chi connectivity index (χ1v) is 12.0. The lowest BCUT2D eigenvalue weighted by atomic mass is 9.79. The van der Waals surface area contributed by atoms with E-state index >= 15 is 0 Å².